The summed E-state index contributed by atoms with van der Waals surface area (Å²) in [7, 11) is 0. The topological polar surface area (TPSA) is 81.5 Å². The van der Waals surface area contributed by atoms with Gasteiger partial charge in [-0.2, -0.15) is 0 Å². The fraction of sp³-hybridized carbons (Fsp3) is 0.619. The molecule has 8 heteroatoms. The molecule has 1 amide bonds. The van der Waals surface area contributed by atoms with Crippen molar-refractivity contribution in [2.45, 2.75) is 58.4 Å². The third-order valence-corrected chi connectivity index (χ3v) is 7.09. The number of piperidine rings is 1. The number of carbonyl (C=O) groups excluding carboxylic acids is 2. The summed E-state index contributed by atoms with van der Waals surface area (Å²) in [6.45, 7) is 3.05. The van der Waals surface area contributed by atoms with E-state index in [0.717, 1.165) is 48.9 Å². The fourth-order valence-electron chi connectivity index (χ4n) is 4.37. The number of aryl methyl sites for hydroxylation is 2. The maximum atomic E-state index is 13.1. The molecule has 2 aromatic rings. The summed E-state index contributed by atoms with van der Waals surface area (Å²) in [6, 6.07) is 0. The molecular weight excluding hydrogens is 390 g/mol. The molecule has 0 bridgehead atoms. The second-order valence-electron chi connectivity index (χ2n) is 7.85. The van der Waals surface area contributed by atoms with Crippen LogP contribution in [0, 0.1) is 5.92 Å². The number of carbonyl (C=O) groups is 2. The van der Waals surface area contributed by atoms with E-state index >= 15 is 0 Å². The Morgan fingerprint density at radius 2 is 2.07 bits per heavy atom. The van der Waals surface area contributed by atoms with Gasteiger partial charge in [-0.15, -0.1) is 11.3 Å². The van der Waals surface area contributed by atoms with Crippen molar-refractivity contribution >= 4 is 33.4 Å². The number of hydrogen-bond donors (Lipinski definition) is 0. The first-order valence-electron chi connectivity index (χ1n) is 10.5. The molecule has 156 valence electrons. The molecule has 1 aliphatic carbocycles. The van der Waals surface area contributed by atoms with Gasteiger partial charge in [0.1, 0.15) is 11.4 Å². The SMILES string of the molecule is CCOC(=O)C1CCCN(C(=O)Cn2cnc3sc4c(c3c2=O)CCCCC4)C1. The largest absolute Gasteiger partial charge is 0.466 e. The lowest BCUT2D eigenvalue weighted by Crippen LogP contribution is -2.45. The van der Waals surface area contributed by atoms with E-state index in [-0.39, 0.29) is 29.9 Å². The van der Waals surface area contributed by atoms with Gasteiger partial charge >= 0.3 is 5.97 Å². The minimum absolute atomic E-state index is 0.0397. The monoisotopic (exact) mass is 417 g/mol. The minimum atomic E-state index is -0.280. The molecule has 2 aliphatic rings. The van der Waals surface area contributed by atoms with Crippen molar-refractivity contribution in [2.24, 2.45) is 5.92 Å². The van der Waals surface area contributed by atoms with Gasteiger partial charge in [-0.1, -0.05) is 6.42 Å². The molecule has 3 heterocycles. The van der Waals surface area contributed by atoms with Crippen LogP contribution in [-0.2, 0) is 33.7 Å². The van der Waals surface area contributed by atoms with Crippen LogP contribution >= 0.6 is 11.3 Å². The summed E-state index contributed by atoms with van der Waals surface area (Å²) in [5.41, 5.74) is 1.02. The Morgan fingerprint density at radius 3 is 2.90 bits per heavy atom. The molecule has 0 N–H and O–H groups in total. The van der Waals surface area contributed by atoms with Gasteiger partial charge in [-0.3, -0.25) is 19.0 Å². The third kappa shape index (κ3) is 4.08. The second kappa shape index (κ2) is 8.65. The van der Waals surface area contributed by atoms with Crippen molar-refractivity contribution in [1.29, 1.82) is 0 Å². The highest BCUT2D eigenvalue weighted by Gasteiger charge is 2.29. The molecule has 29 heavy (non-hydrogen) atoms. The standard InChI is InChI=1S/C21H27N3O4S/c1-2-28-21(27)14-7-6-10-23(11-14)17(25)12-24-13-22-19-18(20(24)26)15-8-4-3-5-9-16(15)29-19/h13-14H,2-12H2,1H3. The molecule has 1 fully saturated rings. The summed E-state index contributed by atoms with van der Waals surface area (Å²) in [5, 5.41) is 0.699. The summed E-state index contributed by atoms with van der Waals surface area (Å²) < 4.78 is 6.54. The molecule has 1 unspecified atom stereocenters. The van der Waals surface area contributed by atoms with E-state index < -0.39 is 0 Å². The molecule has 2 aromatic heterocycles. The summed E-state index contributed by atoms with van der Waals surface area (Å²) in [6.07, 6.45) is 8.35. The van der Waals surface area contributed by atoms with Crippen LogP contribution in [0.5, 0.6) is 0 Å². The highest BCUT2D eigenvalue weighted by Crippen LogP contribution is 2.32. The quantitative estimate of drug-likeness (QED) is 0.564. The smallest absolute Gasteiger partial charge is 0.310 e. The Bertz CT molecular complexity index is 980. The molecule has 0 saturated carbocycles. The predicted octanol–water partition coefficient (Wildman–Crippen LogP) is 2.53. The van der Waals surface area contributed by atoms with Crippen molar-refractivity contribution in [2.75, 3.05) is 19.7 Å². The predicted molar refractivity (Wildman–Crippen MR) is 111 cm³/mol. The summed E-state index contributed by atoms with van der Waals surface area (Å²) in [4.78, 5) is 46.2. The van der Waals surface area contributed by atoms with E-state index in [9.17, 15) is 14.4 Å². The van der Waals surface area contributed by atoms with Crippen LogP contribution in [0.25, 0.3) is 10.2 Å². The summed E-state index contributed by atoms with van der Waals surface area (Å²) >= 11 is 1.62. The van der Waals surface area contributed by atoms with Crippen LogP contribution in [0.15, 0.2) is 11.1 Å². The van der Waals surface area contributed by atoms with E-state index in [1.165, 1.54) is 22.2 Å². The fourth-order valence-corrected chi connectivity index (χ4v) is 5.59. The Labute approximate surface area is 173 Å². The minimum Gasteiger partial charge on any atom is -0.466 e. The molecule has 4 rings (SSSR count). The Kier molecular flexibility index (Phi) is 5.99. The first-order valence-corrected chi connectivity index (χ1v) is 11.3. The van der Waals surface area contributed by atoms with E-state index in [1.807, 2.05) is 0 Å². The average Bonchev–Trinajstić information content (AvgIpc) is 2.92. The summed E-state index contributed by atoms with van der Waals surface area (Å²) in [5.74, 6) is -0.674. The van der Waals surface area contributed by atoms with Gasteiger partial charge in [0.2, 0.25) is 5.91 Å². The van der Waals surface area contributed by atoms with E-state index in [0.29, 0.717) is 25.1 Å². The van der Waals surface area contributed by atoms with Crippen LogP contribution in [0.1, 0.15) is 49.5 Å². The van der Waals surface area contributed by atoms with Crippen molar-refractivity contribution in [3.63, 3.8) is 0 Å². The van der Waals surface area contributed by atoms with Crippen molar-refractivity contribution < 1.29 is 14.3 Å². The Morgan fingerprint density at radius 1 is 1.24 bits per heavy atom. The Balaban J connectivity index is 1.54. The lowest BCUT2D eigenvalue weighted by atomic mass is 9.98. The van der Waals surface area contributed by atoms with Crippen molar-refractivity contribution in [1.82, 2.24) is 14.5 Å². The molecule has 0 spiro atoms. The number of amides is 1. The number of aromatic nitrogens is 2. The molecule has 1 saturated heterocycles. The second-order valence-corrected chi connectivity index (χ2v) is 8.94. The van der Waals surface area contributed by atoms with Gasteiger partial charge < -0.3 is 9.64 Å². The maximum absolute atomic E-state index is 13.1. The van der Waals surface area contributed by atoms with Crippen LogP contribution in [0.2, 0.25) is 0 Å². The van der Waals surface area contributed by atoms with Crippen molar-refractivity contribution in [3.8, 4) is 0 Å². The highest BCUT2D eigenvalue weighted by molar-refractivity contribution is 7.18. The zero-order valence-electron chi connectivity index (χ0n) is 16.8. The first kappa shape index (κ1) is 20.1. The van der Waals surface area contributed by atoms with Gasteiger partial charge in [0.05, 0.1) is 24.2 Å². The zero-order chi connectivity index (χ0) is 20.4. The van der Waals surface area contributed by atoms with E-state index in [2.05, 4.69) is 4.98 Å². The maximum Gasteiger partial charge on any atom is 0.310 e. The molecule has 0 radical (unpaired) electrons. The third-order valence-electron chi connectivity index (χ3n) is 5.89. The van der Waals surface area contributed by atoms with Gasteiger partial charge in [0, 0.05) is 18.0 Å². The number of thiophene rings is 1. The first-order chi connectivity index (χ1) is 14.1. The van der Waals surface area contributed by atoms with Crippen LogP contribution in [-0.4, -0.2) is 46.0 Å². The number of likely N-dealkylation sites (tertiary alicyclic amines) is 1. The highest BCUT2D eigenvalue weighted by atomic mass is 32.1. The average molecular weight is 418 g/mol. The molecule has 0 aromatic carbocycles. The van der Waals surface area contributed by atoms with Gasteiger partial charge in [0.25, 0.3) is 5.56 Å². The molecular formula is C21H27N3O4S. The molecule has 1 aliphatic heterocycles. The molecule has 1 atom stereocenters. The lowest BCUT2D eigenvalue weighted by molar-refractivity contribution is -0.151. The number of ether oxygens (including phenoxy) is 1. The van der Waals surface area contributed by atoms with Crippen molar-refractivity contribution in [3.05, 3.63) is 27.1 Å². The van der Waals surface area contributed by atoms with Gasteiger partial charge in [-0.25, -0.2) is 4.98 Å². The van der Waals surface area contributed by atoms with Crippen LogP contribution in [0.3, 0.4) is 0 Å². The number of nitrogens with zero attached hydrogens (tertiary/aromatic N) is 3. The van der Waals surface area contributed by atoms with Crippen LogP contribution < -0.4 is 5.56 Å². The Hall–Kier alpha value is -2.22. The number of hydrogen-bond acceptors (Lipinski definition) is 6. The van der Waals surface area contributed by atoms with Gasteiger partial charge in [0.15, 0.2) is 0 Å². The number of esters is 1. The number of rotatable bonds is 4. The molecule has 7 nitrogen and oxygen atoms in total. The van der Waals surface area contributed by atoms with E-state index in [1.54, 1.807) is 23.2 Å². The van der Waals surface area contributed by atoms with E-state index in [4.69, 9.17) is 4.74 Å². The zero-order valence-corrected chi connectivity index (χ0v) is 17.6. The number of fused-ring (bicyclic) bond motifs is 3. The van der Waals surface area contributed by atoms with Gasteiger partial charge in [-0.05, 0) is 51.0 Å². The lowest BCUT2D eigenvalue weighted by Gasteiger charge is -2.31. The van der Waals surface area contributed by atoms with Crippen LogP contribution in [0.4, 0.5) is 0 Å². The normalized spacial score (nSPS) is 19.6.